The molecule has 82 heavy (non-hydrogen) atoms. The van der Waals surface area contributed by atoms with E-state index in [1.54, 1.807) is 24.3 Å². The van der Waals surface area contributed by atoms with Crippen molar-refractivity contribution in [3.05, 3.63) is 142 Å². The van der Waals surface area contributed by atoms with Gasteiger partial charge in [-0.05, 0) is 116 Å². The van der Waals surface area contributed by atoms with Gasteiger partial charge in [0.05, 0.1) is 30.4 Å². The molecule has 2 heterocycles. The van der Waals surface area contributed by atoms with Gasteiger partial charge in [-0.1, -0.05) is 65.3 Å². The van der Waals surface area contributed by atoms with Gasteiger partial charge < -0.3 is 70.2 Å². The van der Waals surface area contributed by atoms with Crippen LogP contribution in [0.4, 0.5) is 0 Å². The fraction of sp³-hybridized carbons (Fsp3) is 0.375. The molecule has 6 rings (SSSR count). The number of Topliss-reactive ketones (excluding diaryl/α,β-unsaturated/α-hetero) is 1. The van der Waals surface area contributed by atoms with Crippen molar-refractivity contribution < 1.29 is 58.5 Å². The van der Waals surface area contributed by atoms with E-state index in [0.717, 1.165) is 4.68 Å². The summed E-state index contributed by atoms with van der Waals surface area (Å²) in [5, 5.41) is 55.5. The number of nitrogens with zero attached hydrogens (tertiary/aromatic N) is 3. The molecule has 26 heteroatoms. The minimum absolute atomic E-state index is 0.0202. The van der Waals surface area contributed by atoms with Gasteiger partial charge in [0.15, 0.2) is 5.78 Å². The summed E-state index contributed by atoms with van der Waals surface area (Å²) in [6.45, 7) is 0.856. The number of ketones is 1. The van der Waals surface area contributed by atoms with E-state index in [-0.39, 0.29) is 74.2 Å². The third kappa shape index (κ3) is 18.7. The van der Waals surface area contributed by atoms with E-state index < -0.39 is 120 Å². The maximum Gasteiger partial charge on any atom is 0.248 e. The first kappa shape index (κ1) is 62.4. The Morgan fingerprint density at radius 3 is 1.90 bits per heavy atom. The summed E-state index contributed by atoms with van der Waals surface area (Å²) in [6, 6.07) is 13.5. The van der Waals surface area contributed by atoms with Crippen LogP contribution in [0.1, 0.15) is 70.9 Å². The number of aromatic nitrogens is 3. The minimum Gasteiger partial charge on any atom is -0.508 e. The standard InChI is InChI=1S/C56H68ClN13O12/c1-30(71)48-56(82)66-46(55(81)64-44(50(61)76)24-34-11-19-40(73)20-12-34)29-70-28-38(68-69-70)27-43(63-52(78)41(59)23-32-7-15-37(57)16-8-32)47(74)26-36(22-31-9-17-39(72)18-10-31)51(77)65-45(25-33-5-13-35(14-6-33)49(60)75)54(80)62-42(53(79)67-48)4-2-3-21-58/h5-20,28,30,36,41-46,48,71-73H,2-4,21-27,29,58-59H2,1H3,(H2,60,75)(H2,61,76)(H,62,80)(H,63,78)(H,64,81)(H,65,77)(H,66,82)(H,67,79)/t30-,36-,41+,42+,43-,44?,45-,46+,48+/m1/s1. The second-order valence-corrected chi connectivity index (χ2v) is 20.6. The molecule has 9 atom stereocenters. The number of phenolic OH excluding ortho intramolecular Hbond substituents is 2. The number of amides is 8. The van der Waals surface area contributed by atoms with Gasteiger partial charge in [-0.2, -0.15) is 0 Å². The Hall–Kier alpha value is -8.78. The highest BCUT2D eigenvalue weighted by Gasteiger charge is 2.37. The summed E-state index contributed by atoms with van der Waals surface area (Å²) in [6.07, 6.45) is -1.23. The number of unbranched alkanes of at least 4 members (excludes halogenated alkanes) is 1. The van der Waals surface area contributed by atoms with Crippen LogP contribution < -0.4 is 54.8 Å². The zero-order chi connectivity index (χ0) is 59.6. The average Bonchev–Trinajstić information content (AvgIpc) is 3.91. The van der Waals surface area contributed by atoms with Crippen molar-refractivity contribution in [2.24, 2.45) is 28.9 Å². The molecule has 0 radical (unpaired) electrons. The number of carbonyl (C=O) groups is 9. The molecule has 5 aromatic rings. The molecule has 17 N–H and O–H groups in total. The van der Waals surface area contributed by atoms with Crippen molar-refractivity contribution in [1.29, 1.82) is 0 Å². The third-order valence-corrected chi connectivity index (χ3v) is 13.9. The van der Waals surface area contributed by atoms with Crippen molar-refractivity contribution in [1.82, 2.24) is 46.9 Å². The van der Waals surface area contributed by atoms with Crippen LogP contribution in [-0.4, -0.2) is 138 Å². The molecule has 4 aromatic carbocycles. The predicted octanol–water partition coefficient (Wildman–Crippen LogP) is -1.22. The summed E-state index contributed by atoms with van der Waals surface area (Å²) in [5.41, 5.74) is 25.7. The van der Waals surface area contributed by atoms with E-state index in [2.05, 4.69) is 42.2 Å². The van der Waals surface area contributed by atoms with E-state index in [1.807, 2.05) is 0 Å². The summed E-state index contributed by atoms with van der Waals surface area (Å²) >= 11 is 6.09. The van der Waals surface area contributed by atoms with E-state index >= 15 is 0 Å². The second-order valence-electron chi connectivity index (χ2n) is 20.2. The lowest BCUT2D eigenvalue weighted by Gasteiger charge is -2.28. The normalized spacial score (nSPS) is 20.5. The molecule has 1 aromatic heterocycles. The number of fused-ring (bicyclic) bond motifs is 2. The van der Waals surface area contributed by atoms with Crippen LogP contribution in [0.15, 0.2) is 103 Å². The van der Waals surface area contributed by atoms with Gasteiger partial charge in [0.25, 0.3) is 0 Å². The molecule has 2 bridgehead atoms. The van der Waals surface area contributed by atoms with Crippen LogP contribution in [0, 0.1) is 5.92 Å². The van der Waals surface area contributed by atoms with Crippen LogP contribution in [0.25, 0.3) is 0 Å². The molecule has 1 unspecified atom stereocenters. The van der Waals surface area contributed by atoms with Gasteiger partial charge in [-0.15, -0.1) is 5.10 Å². The SMILES string of the molecule is C[C@@H](O)[C@@H]1NC(=O)[C@H](CCCCN)NC(=O)[C@@H](Cc2ccc(C(N)=O)cc2)NC(=O)[C@H](Cc2ccc(O)cc2)CC(=O)[C@H](NC(=O)[C@@H](N)Cc2ccc(Cl)cc2)Cc2cn(nn2)C[C@@H](C(=O)NC(Cc2ccc(O)cc2)C(N)=O)NC1=O. The molecule has 0 fully saturated rings. The lowest BCUT2D eigenvalue weighted by molar-refractivity contribution is -0.137. The van der Waals surface area contributed by atoms with Crippen LogP contribution in [0.5, 0.6) is 11.5 Å². The van der Waals surface area contributed by atoms with Gasteiger partial charge in [0.2, 0.25) is 47.3 Å². The smallest absolute Gasteiger partial charge is 0.248 e. The first-order valence-electron chi connectivity index (χ1n) is 26.4. The zero-order valence-electron chi connectivity index (χ0n) is 44.8. The Kier molecular flexibility index (Phi) is 22.5. The summed E-state index contributed by atoms with van der Waals surface area (Å²) < 4.78 is 1.12. The first-order valence-corrected chi connectivity index (χ1v) is 26.8. The molecule has 0 spiro atoms. The Morgan fingerprint density at radius 2 is 1.29 bits per heavy atom. The molecule has 0 aliphatic carbocycles. The Bertz CT molecular complexity index is 3050. The number of nitrogens with two attached hydrogens (primary N) is 4. The minimum atomic E-state index is -1.80. The molecule has 25 nitrogen and oxygen atoms in total. The first-order chi connectivity index (χ1) is 39.0. The highest BCUT2D eigenvalue weighted by atomic mass is 35.5. The number of aliphatic hydroxyl groups is 1. The monoisotopic (exact) mass is 1150 g/mol. The average molecular weight is 1150 g/mol. The molecule has 0 saturated carbocycles. The number of carbonyl (C=O) groups excluding carboxylic acids is 9. The highest BCUT2D eigenvalue weighted by molar-refractivity contribution is 6.30. The van der Waals surface area contributed by atoms with Crippen molar-refractivity contribution in [2.75, 3.05) is 6.54 Å². The number of primary amides is 2. The quantitative estimate of drug-likeness (QED) is 0.0431. The molecule has 1 aliphatic rings. The number of benzene rings is 4. The Morgan fingerprint density at radius 1 is 0.720 bits per heavy atom. The molecule has 436 valence electrons. The van der Waals surface area contributed by atoms with Crippen molar-refractivity contribution in [3.63, 3.8) is 0 Å². The van der Waals surface area contributed by atoms with Crippen LogP contribution in [0.3, 0.4) is 0 Å². The number of nitrogens with one attached hydrogen (secondary N) is 6. The fourth-order valence-corrected chi connectivity index (χ4v) is 9.14. The number of halogens is 1. The molecule has 0 saturated heterocycles. The lowest BCUT2D eigenvalue weighted by atomic mass is 9.89. The largest absolute Gasteiger partial charge is 0.508 e. The second kappa shape index (κ2) is 29.6. The van der Waals surface area contributed by atoms with Crippen molar-refractivity contribution in [3.8, 4) is 11.5 Å². The maximum atomic E-state index is 14.9. The Balaban J connectivity index is 1.44. The molecule has 8 amide bonds. The van der Waals surface area contributed by atoms with Gasteiger partial charge >= 0.3 is 0 Å². The van der Waals surface area contributed by atoms with Crippen molar-refractivity contribution >= 4 is 64.6 Å². The fourth-order valence-electron chi connectivity index (χ4n) is 9.02. The van der Waals surface area contributed by atoms with E-state index in [1.165, 1.54) is 85.9 Å². The number of hydrogen-bond donors (Lipinski definition) is 13. The van der Waals surface area contributed by atoms with Gasteiger partial charge in [-0.25, -0.2) is 4.68 Å². The molecule has 1 aliphatic heterocycles. The number of hydrogen-bond acceptors (Lipinski definition) is 16. The van der Waals surface area contributed by atoms with E-state index in [9.17, 15) is 58.5 Å². The highest BCUT2D eigenvalue weighted by Crippen LogP contribution is 2.21. The van der Waals surface area contributed by atoms with Gasteiger partial charge in [0.1, 0.15) is 41.7 Å². The van der Waals surface area contributed by atoms with E-state index in [4.69, 9.17) is 34.5 Å². The maximum absolute atomic E-state index is 14.9. The van der Waals surface area contributed by atoms with Gasteiger partial charge in [0, 0.05) is 48.4 Å². The molecular weight excluding hydrogens is 1080 g/mol. The lowest BCUT2D eigenvalue weighted by Crippen LogP contribution is -2.62. The zero-order valence-corrected chi connectivity index (χ0v) is 45.6. The van der Waals surface area contributed by atoms with Crippen molar-refractivity contribution in [2.45, 2.75) is 120 Å². The van der Waals surface area contributed by atoms with Gasteiger partial charge in [-0.3, -0.25) is 43.2 Å². The number of phenols is 2. The topological polar surface area (TPSA) is 421 Å². The number of rotatable bonds is 19. The predicted molar refractivity (Wildman–Crippen MR) is 298 cm³/mol. The summed E-state index contributed by atoms with van der Waals surface area (Å²) in [5.74, 6) is -9.39. The summed E-state index contributed by atoms with van der Waals surface area (Å²) in [7, 11) is 0. The molecular formula is C56H68ClN13O12. The third-order valence-electron chi connectivity index (χ3n) is 13.6. The van der Waals surface area contributed by atoms with Crippen LogP contribution >= 0.6 is 11.6 Å². The number of aliphatic hydroxyl groups excluding tert-OH is 1. The number of aromatic hydroxyl groups is 2. The van der Waals surface area contributed by atoms with Crippen LogP contribution in [-0.2, 0) is 77.0 Å². The summed E-state index contributed by atoms with van der Waals surface area (Å²) in [4.78, 5) is 126. The van der Waals surface area contributed by atoms with Crippen LogP contribution in [0.2, 0.25) is 5.02 Å². The Labute approximate surface area is 476 Å². The van der Waals surface area contributed by atoms with E-state index in [0.29, 0.717) is 33.7 Å².